The highest BCUT2D eigenvalue weighted by Gasteiger charge is 2.37. The molecule has 0 radical (unpaired) electrons. The summed E-state index contributed by atoms with van der Waals surface area (Å²) in [7, 11) is 2.15. The lowest BCUT2D eigenvalue weighted by Crippen LogP contribution is -2.57. The van der Waals surface area contributed by atoms with E-state index in [-0.39, 0.29) is 0 Å². The van der Waals surface area contributed by atoms with Crippen molar-refractivity contribution in [3.05, 3.63) is 0 Å². The van der Waals surface area contributed by atoms with Gasteiger partial charge in [0.15, 0.2) is 0 Å². The van der Waals surface area contributed by atoms with E-state index >= 15 is 0 Å². The number of likely N-dealkylation sites (tertiary alicyclic amines) is 1. The number of hydrogen-bond donors (Lipinski definition) is 1. The Labute approximate surface area is 114 Å². The highest BCUT2D eigenvalue weighted by molar-refractivity contribution is 4.94. The summed E-state index contributed by atoms with van der Waals surface area (Å²) in [5.41, 5.74) is 0. The predicted molar refractivity (Wildman–Crippen MR) is 78.8 cm³/mol. The van der Waals surface area contributed by atoms with Gasteiger partial charge in [-0.15, -0.1) is 0 Å². The fourth-order valence-corrected chi connectivity index (χ4v) is 4.40. The van der Waals surface area contributed by atoms with Gasteiger partial charge in [-0.2, -0.15) is 0 Å². The second-order valence-corrected chi connectivity index (χ2v) is 6.83. The van der Waals surface area contributed by atoms with Gasteiger partial charge < -0.3 is 5.32 Å². The Kier molecular flexibility index (Phi) is 5.08. The summed E-state index contributed by atoms with van der Waals surface area (Å²) >= 11 is 0. The van der Waals surface area contributed by atoms with Gasteiger partial charge in [0.25, 0.3) is 0 Å². The summed E-state index contributed by atoms with van der Waals surface area (Å²) in [6.45, 7) is 9.90. The molecular weight excluding hydrogens is 220 g/mol. The molecule has 0 aromatic carbocycles. The first-order chi connectivity index (χ1) is 8.65. The first-order valence-electron chi connectivity index (χ1n) is 8.07. The van der Waals surface area contributed by atoms with Crippen LogP contribution in [-0.4, -0.2) is 37.1 Å². The van der Waals surface area contributed by atoms with E-state index in [1.165, 1.54) is 45.2 Å². The van der Waals surface area contributed by atoms with Gasteiger partial charge in [0, 0.05) is 12.1 Å². The molecule has 2 rings (SSSR count). The summed E-state index contributed by atoms with van der Waals surface area (Å²) in [6.07, 6.45) is 6.99. The van der Waals surface area contributed by atoms with E-state index in [9.17, 15) is 0 Å². The third-order valence-corrected chi connectivity index (χ3v) is 5.44. The van der Waals surface area contributed by atoms with Crippen molar-refractivity contribution < 1.29 is 0 Å². The lowest BCUT2D eigenvalue weighted by molar-refractivity contribution is 0.0381. The molecule has 2 aliphatic rings. The van der Waals surface area contributed by atoms with E-state index in [1.54, 1.807) is 0 Å². The molecule has 4 unspecified atom stereocenters. The molecular formula is C16H32N2. The molecule has 0 amide bonds. The molecule has 4 atom stereocenters. The van der Waals surface area contributed by atoms with E-state index in [1.807, 2.05) is 0 Å². The minimum atomic E-state index is 0.710. The highest BCUT2D eigenvalue weighted by atomic mass is 15.2. The first-order valence-corrected chi connectivity index (χ1v) is 8.07. The molecule has 1 saturated heterocycles. The minimum absolute atomic E-state index is 0.710. The van der Waals surface area contributed by atoms with E-state index < -0.39 is 0 Å². The number of nitrogens with one attached hydrogen (secondary N) is 1. The van der Waals surface area contributed by atoms with Crippen LogP contribution in [0.25, 0.3) is 0 Å². The van der Waals surface area contributed by atoms with Crippen LogP contribution in [0.4, 0.5) is 0 Å². The zero-order valence-electron chi connectivity index (χ0n) is 12.8. The minimum Gasteiger partial charge on any atom is -0.315 e. The molecule has 0 bridgehead atoms. The zero-order valence-corrected chi connectivity index (χ0v) is 12.8. The molecule has 1 aliphatic carbocycles. The van der Waals surface area contributed by atoms with Crippen LogP contribution in [0.15, 0.2) is 0 Å². The Morgan fingerprint density at radius 3 is 2.33 bits per heavy atom. The number of nitrogens with zero attached hydrogens (tertiary/aromatic N) is 1. The molecule has 0 aromatic rings. The molecule has 0 spiro atoms. The second kappa shape index (κ2) is 6.38. The third-order valence-electron chi connectivity index (χ3n) is 5.44. The van der Waals surface area contributed by atoms with Crippen LogP contribution in [0.1, 0.15) is 52.9 Å². The summed E-state index contributed by atoms with van der Waals surface area (Å²) in [5.74, 6) is 2.73. The third kappa shape index (κ3) is 3.08. The van der Waals surface area contributed by atoms with Crippen molar-refractivity contribution in [1.29, 1.82) is 0 Å². The van der Waals surface area contributed by atoms with Crippen molar-refractivity contribution in [3.63, 3.8) is 0 Å². The summed E-state index contributed by atoms with van der Waals surface area (Å²) in [4.78, 5) is 2.80. The fourth-order valence-electron chi connectivity index (χ4n) is 4.40. The lowest BCUT2D eigenvalue weighted by Gasteiger charge is -2.48. The Hall–Kier alpha value is -0.0800. The van der Waals surface area contributed by atoms with Gasteiger partial charge in [0.1, 0.15) is 0 Å². The number of likely N-dealkylation sites (N-methyl/N-ethyl adjacent to an activating group) is 1. The van der Waals surface area contributed by atoms with E-state index in [4.69, 9.17) is 0 Å². The van der Waals surface area contributed by atoms with Crippen LogP contribution < -0.4 is 5.32 Å². The van der Waals surface area contributed by atoms with Crippen molar-refractivity contribution >= 4 is 0 Å². The van der Waals surface area contributed by atoms with Gasteiger partial charge in [-0.1, -0.05) is 27.2 Å². The Morgan fingerprint density at radius 1 is 1.11 bits per heavy atom. The summed E-state index contributed by atoms with van der Waals surface area (Å²) < 4.78 is 0. The topological polar surface area (TPSA) is 15.3 Å². The molecule has 2 heteroatoms. The number of piperidine rings is 1. The van der Waals surface area contributed by atoms with Crippen LogP contribution in [0.3, 0.4) is 0 Å². The zero-order chi connectivity index (χ0) is 13.1. The van der Waals surface area contributed by atoms with E-state index in [0.29, 0.717) is 6.04 Å². The van der Waals surface area contributed by atoms with Gasteiger partial charge in [-0.3, -0.25) is 4.90 Å². The van der Waals surface area contributed by atoms with Crippen molar-refractivity contribution in [2.24, 2.45) is 17.8 Å². The smallest absolute Gasteiger partial charge is 0.0274 e. The van der Waals surface area contributed by atoms with Gasteiger partial charge >= 0.3 is 0 Å². The summed E-state index contributed by atoms with van der Waals surface area (Å²) in [5, 5.41) is 3.60. The van der Waals surface area contributed by atoms with Gasteiger partial charge in [0.2, 0.25) is 0 Å². The van der Waals surface area contributed by atoms with Crippen LogP contribution in [0, 0.1) is 17.8 Å². The molecule has 106 valence electrons. The first kappa shape index (κ1) is 14.3. The predicted octanol–water partition coefficient (Wildman–Crippen LogP) is 3.13. The quantitative estimate of drug-likeness (QED) is 0.830. The Bertz CT molecular complexity index is 245. The van der Waals surface area contributed by atoms with Crippen LogP contribution in [0.2, 0.25) is 0 Å². The van der Waals surface area contributed by atoms with Gasteiger partial charge in [0.05, 0.1) is 0 Å². The Morgan fingerprint density at radius 2 is 1.78 bits per heavy atom. The van der Waals surface area contributed by atoms with Crippen LogP contribution in [0.5, 0.6) is 0 Å². The van der Waals surface area contributed by atoms with Crippen molar-refractivity contribution in [2.75, 3.05) is 20.1 Å². The van der Waals surface area contributed by atoms with Crippen molar-refractivity contribution in [3.8, 4) is 0 Å². The normalized spacial score (nSPS) is 40.0. The maximum absolute atomic E-state index is 3.60. The molecule has 18 heavy (non-hydrogen) atoms. The highest BCUT2D eigenvalue weighted by Crippen LogP contribution is 2.34. The molecule has 1 N–H and O–H groups in total. The van der Waals surface area contributed by atoms with E-state index in [2.05, 4.69) is 38.0 Å². The van der Waals surface area contributed by atoms with Gasteiger partial charge in [-0.25, -0.2) is 0 Å². The second-order valence-electron chi connectivity index (χ2n) is 6.83. The molecule has 2 fully saturated rings. The Balaban J connectivity index is 1.97. The average molecular weight is 252 g/mol. The van der Waals surface area contributed by atoms with Crippen LogP contribution >= 0.6 is 0 Å². The molecule has 1 aliphatic heterocycles. The number of hydrogen-bond acceptors (Lipinski definition) is 2. The fraction of sp³-hybridized carbons (Fsp3) is 1.00. The van der Waals surface area contributed by atoms with E-state index in [0.717, 1.165) is 23.8 Å². The molecule has 1 saturated carbocycles. The molecule has 2 nitrogen and oxygen atoms in total. The molecule has 0 aromatic heterocycles. The largest absolute Gasteiger partial charge is 0.315 e. The summed E-state index contributed by atoms with van der Waals surface area (Å²) in [6, 6.07) is 1.49. The molecule has 1 heterocycles. The van der Waals surface area contributed by atoms with Crippen molar-refractivity contribution in [1.82, 2.24) is 10.2 Å². The van der Waals surface area contributed by atoms with Crippen molar-refractivity contribution in [2.45, 2.75) is 65.0 Å². The van der Waals surface area contributed by atoms with Gasteiger partial charge in [-0.05, 0) is 63.6 Å². The number of rotatable bonds is 3. The maximum Gasteiger partial charge on any atom is 0.0274 e. The maximum atomic E-state index is 3.60. The lowest BCUT2D eigenvalue weighted by atomic mass is 9.75. The SMILES string of the molecule is CCC1CCN(C2C(C)CC(C)CC2NC)CC1. The average Bonchev–Trinajstić information content (AvgIpc) is 2.38. The monoisotopic (exact) mass is 252 g/mol. The van der Waals surface area contributed by atoms with Crippen LogP contribution in [-0.2, 0) is 0 Å². The standard InChI is InChI=1S/C16H32N2/c1-5-14-6-8-18(9-7-14)16-13(3)10-12(2)11-15(16)17-4/h12-17H,5-11H2,1-4H3.